The molecule has 0 aromatic heterocycles. The predicted octanol–water partition coefficient (Wildman–Crippen LogP) is 4.71. The minimum absolute atomic E-state index is 0.0994. The van der Waals surface area contributed by atoms with Gasteiger partial charge in [-0.2, -0.15) is 0 Å². The first-order valence-corrected chi connectivity index (χ1v) is 10.5. The number of phenolic OH excluding ortho intramolecular Hbond substituents is 1. The number of nitro benzene ring substituents is 1. The summed E-state index contributed by atoms with van der Waals surface area (Å²) in [5.74, 6) is -0.382. The van der Waals surface area contributed by atoms with E-state index in [-0.39, 0.29) is 22.6 Å². The van der Waals surface area contributed by atoms with Crippen LogP contribution in [0.1, 0.15) is 38.3 Å². The van der Waals surface area contributed by atoms with Crippen molar-refractivity contribution in [3.05, 3.63) is 57.6 Å². The summed E-state index contributed by atoms with van der Waals surface area (Å²) in [5, 5.41) is 24.4. The molecule has 1 atom stereocenters. The molecule has 8 heteroatoms. The zero-order valence-electron chi connectivity index (χ0n) is 16.4. The third-order valence-corrected chi connectivity index (χ3v) is 6.72. The van der Waals surface area contributed by atoms with Crippen LogP contribution in [0, 0.1) is 10.1 Å². The van der Waals surface area contributed by atoms with Crippen LogP contribution < -0.4 is 5.32 Å². The van der Waals surface area contributed by atoms with Crippen molar-refractivity contribution in [3.63, 3.8) is 0 Å². The average Bonchev–Trinajstić information content (AvgIpc) is 2.98. The highest BCUT2D eigenvalue weighted by Crippen LogP contribution is 2.42. The van der Waals surface area contributed by atoms with Crippen LogP contribution in [0.4, 0.5) is 5.69 Å². The lowest BCUT2D eigenvalue weighted by molar-refractivity contribution is -0.385. The van der Waals surface area contributed by atoms with Gasteiger partial charge >= 0.3 is 5.69 Å². The lowest BCUT2D eigenvalue weighted by Crippen LogP contribution is -2.25. The molecule has 6 nitrogen and oxygen atoms in total. The molecule has 1 aliphatic rings. The number of rotatable bonds is 6. The molecular weight excluding hydrogens is 408 g/mol. The Morgan fingerprint density at radius 2 is 2.00 bits per heavy atom. The molecule has 1 heterocycles. The summed E-state index contributed by atoms with van der Waals surface area (Å²) in [4.78, 5) is 22.9. The highest BCUT2D eigenvalue weighted by Gasteiger charge is 2.30. The Labute approximate surface area is 178 Å². The Balaban J connectivity index is 2.03. The number of benzene rings is 2. The van der Waals surface area contributed by atoms with Gasteiger partial charge in [-0.05, 0) is 41.0 Å². The van der Waals surface area contributed by atoms with E-state index in [1.165, 1.54) is 17.8 Å². The summed E-state index contributed by atoms with van der Waals surface area (Å²) in [7, 11) is 0. The molecule has 0 bridgehead atoms. The van der Waals surface area contributed by atoms with Crippen LogP contribution >= 0.6 is 24.0 Å². The topological polar surface area (TPSA) is 92.5 Å². The lowest BCUT2D eigenvalue weighted by atomic mass is 9.80. The van der Waals surface area contributed by atoms with E-state index in [2.05, 4.69) is 5.32 Å². The monoisotopic (exact) mass is 430 g/mol. The van der Waals surface area contributed by atoms with Crippen LogP contribution in [-0.4, -0.2) is 25.5 Å². The van der Waals surface area contributed by atoms with Gasteiger partial charge < -0.3 is 10.4 Å². The van der Waals surface area contributed by atoms with E-state index in [0.717, 1.165) is 17.5 Å². The predicted molar refractivity (Wildman–Crippen MR) is 119 cm³/mol. The highest BCUT2D eigenvalue weighted by molar-refractivity contribution is 8.24. The van der Waals surface area contributed by atoms with Gasteiger partial charge in [0, 0.05) is 11.6 Å². The smallest absolute Gasteiger partial charge is 0.311 e. The minimum atomic E-state index is -0.557. The molecule has 0 saturated carbocycles. The number of thioether (sulfide) groups is 1. The molecule has 1 fully saturated rings. The number of nitrogens with zero attached hydrogens (tertiary/aromatic N) is 1. The Bertz CT molecular complexity index is 1000. The molecule has 0 aliphatic carbocycles. The van der Waals surface area contributed by atoms with Crippen LogP contribution in [0.3, 0.4) is 0 Å². The molecule has 29 heavy (non-hydrogen) atoms. The van der Waals surface area contributed by atoms with E-state index >= 15 is 0 Å². The number of thiocarbonyl (C=S) groups is 1. The summed E-state index contributed by atoms with van der Waals surface area (Å²) in [6.07, 6.45) is 1.23. The van der Waals surface area contributed by atoms with Gasteiger partial charge in [0.05, 0.1) is 10.2 Å². The molecule has 2 N–H and O–H groups in total. The van der Waals surface area contributed by atoms with E-state index < -0.39 is 10.3 Å². The van der Waals surface area contributed by atoms with E-state index in [0.29, 0.717) is 21.9 Å². The van der Waals surface area contributed by atoms with Gasteiger partial charge in [-0.15, -0.1) is 0 Å². The second-order valence-corrected chi connectivity index (χ2v) is 9.55. The molecule has 152 valence electrons. The van der Waals surface area contributed by atoms with Crippen molar-refractivity contribution in [1.29, 1.82) is 0 Å². The molecule has 2 aromatic carbocycles. The second-order valence-electron chi connectivity index (χ2n) is 7.67. The van der Waals surface area contributed by atoms with Crippen LogP contribution in [0.2, 0.25) is 0 Å². The summed E-state index contributed by atoms with van der Waals surface area (Å²) >= 11 is 6.38. The number of nitro groups is 1. The van der Waals surface area contributed by atoms with Crippen molar-refractivity contribution >= 4 is 39.9 Å². The fourth-order valence-electron chi connectivity index (χ4n) is 3.25. The second kappa shape index (κ2) is 8.12. The van der Waals surface area contributed by atoms with E-state index in [1.807, 2.05) is 51.1 Å². The molecule has 1 saturated heterocycles. The third kappa shape index (κ3) is 4.43. The maximum atomic E-state index is 12.0. The minimum Gasteiger partial charge on any atom is -0.502 e. The normalized spacial score (nSPS) is 16.7. The van der Waals surface area contributed by atoms with Gasteiger partial charge in [-0.1, -0.05) is 69.0 Å². The molecule has 1 unspecified atom stereocenters. The molecule has 0 radical (unpaired) electrons. The fourth-order valence-corrected chi connectivity index (χ4v) is 4.56. The number of carbonyl (C=O) groups is 1. The Morgan fingerprint density at radius 3 is 2.59 bits per heavy atom. The zero-order valence-corrected chi connectivity index (χ0v) is 18.0. The lowest BCUT2D eigenvalue weighted by Gasteiger charge is -2.25. The first-order valence-electron chi connectivity index (χ1n) is 9.25. The van der Waals surface area contributed by atoms with Crippen LogP contribution in [-0.2, 0) is 16.6 Å². The molecule has 1 aliphatic heterocycles. The van der Waals surface area contributed by atoms with E-state index in [9.17, 15) is 20.0 Å². The van der Waals surface area contributed by atoms with Crippen molar-refractivity contribution in [3.8, 4) is 16.9 Å². The molecule has 1 amide bonds. The third-order valence-electron chi connectivity index (χ3n) is 5.35. The summed E-state index contributed by atoms with van der Waals surface area (Å²) in [6.45, 7) is 5.88. The number of phenols is 1. The van der Waals surface area contributed by atoms with Gasteiger partial charge in [-0.25, -0.2) is 0 Å². The van der Waals surface area contributed by atoms with Crippen molar-refractivity contribution < 1.29 is 14.8 Å². The summed E-state index contributed by atoms with van der Waals surface area (Å²) < 4.78 is 0.483. The van der Waals surface area contributed by atoms with Gasteiger partial charge in [0.25, 0.3) is 0 Å². The van der Waals surface area contributed by atoms with Crippen LogP contribution in [0.25, 0.3) is 11.1 Å². The molecule has 2 aromatic rings. The highest BCUT2D eigenvalue weighted by atomic mass is 32.2. The zero-order chi connectivity index (χ0) is 21.3. The first-order chi connectivity index (χ1) is 13.6. The number of nitrogens with one attached hydrogen (secondary N) is 1. The van der Waals surface area contributed by atoms with Crippen LogP contribution in [0.15, 0.2) is 36.4 Å². The summed E-state index contributed by atoms with van der Waals surface area (Å²) in [6, 6.07) is 10.8. The molecular formula is C21H22N2O4S2. The first kappa shape index (κ1) is 21.3. The largest absolute Gasteiger partial charge is 0.502 e. The average molecular weight is 431 g/mol. The SMILES string of the molecule is CCC(C)(C)c1cc(-c2cccc(CC3SC(=S)NC3=O)c2)cc([N+](=O)[O-])c1O. The maximum Gasteiger partial charge on any atom is 0.311 e. The number of carbonyl (C=O) groups excluding carboxylic acids is 1. The van der Waals surface area contributed by atoms with E-state index in [4.69, 9.17) is 12.2 Å². The van der Waals surface area contributed by atoms with Gasteiger partial charge in [0.2, 0.25) is 5.91 Å². The Kier molecular flexibility index (Phi) is 5.95. The Morgan fingerprint density at radius 1 is 1.28 bits per heavy atom. The molecule has 3 rings (SSSR count). The number of amides is 1. The van der Waals surface area contributed by atoms with Gasteiger partial charge in [0.15, 0.2) is 5.75 Å². The van der Waals surface area contributed by atoms with Crippen molar-refractivity contribution in [2.75, 3.05) is 0 Å². The maximum absolute atomic E-state index is 12.0. The van der Waals surface area contributed by atoms with E-state index in [1.54, 1.807) is 0 Å². The number of hydrogen-bond donors (Lipinski definition) is 2. The summed E-state index contributed by atoms with van der Waals surface area (Å²) in [5.41, 5.74) is 2.21. The van der Waals surface area contributed by atoms with Gasteiger partial charge in [0.1, 0.15) is 4.32 Å². The fraction of sp³-hybridized carbons (Fsp3) is 0.333. The van der Waals surface area contributed by atoms with Crippen molar-refractivity contribution in [2.45, 2.75) is 44.3 Å². The number of aromatic hydroxyl groups is 1. The van der Waals surface area contributed by atoms with Crippen LogP contribution in [0.5, 0.6) is 5.75 Å². The van der Waals surface area contributed by atoms with Crippen molar-refractivity contribution in [2.24, 2.45) is 0 Å². The standard InChI is InChI=1S/C21H22N2O4S2/c1-4-21(2,3)15-10-14(11-16(18(15)24)23(26)27)13-7-5-6-12(8-13)9-17-19(25)22-20(28)29-17/h5-8,10-11,17,24H,4,9H2,1-3H3,(H,22,25,28). The Hall–Kier alpha value is -2.45. The van der Waals surface area contributed by atoms with Gasteiger partial charge in [-0.3, -0.25) is 14.9 Å². The quantitative estimate of drug-likeness (QED) is 0.392. The number of hydrogen-bond acceptors (Lipinski definition) is 6. The molecule has 0 spiro atoms. The van der Waals surface area contributed by atoms with Crippen molar-refractivity contribution in [1.82, 2.24) is 5.32 Å².